The van der Waals surface area contributed by atoms with E-state index in [9.17, 15) is 5.11 Å². The molecule has 0 aliphatic heterocycles. The van der Waals surface area contributed by atoms with Gasteiger partial charge in [-0.3, -0.25) is 4.68 Å². The monoisotopic (exact) mass is 242 g/mol. The molecular weight excluding hydrogens is 224 g/mol. The normalized spacial score (nSPS) is 19.8. The fourth-order valence-electron chi connectivity index (χ4n) is 2.95. The first-order valence-corrected chi connectivity index (χ1v) is 6.47. The van der Waals surface area contributed by atoms with Crippen molar-refractivity contribution in [3.05, 3.63) is 53.3 Å². The van der Waals surface area contributed by atoms with Crippen LogP contribution in [0.1, 0.15) is 29.0 Å². The van der Waals surface area contributed by atoms with Gasteiger partial charge in [-0.2, -0.15) is 5.10 Å². The molecular formula is C15H18N2O. The van der Waals surface area contributed by atoms with Crippen LogP contribution in [0.4, 0.5) is 0 Å². The molecule has 18 heavy (non-hydrogen) atoms. The molecule has 0 radical (unpaired) electrons. The zero-order chi connectivity index (χ0) is 12.5. The third-order valence-corrected chi connectivity index (χ3v) is 3.85. The zero-order valence-corrected chi connectivity index (χ0v) is 10.6. The number of hydrogen-bond acceptors (Lipinski definition) is 2. The molecule has 1 aliphatic carbocycles. The number of fused-ring (bicyclic) bond motifs is 1. The Balaban J connectivity index is 1.76. The molecule has 0 saturated heterocycles. The Labute approximate surface area is 107 Å². The molecule has 3 rings (SSSR count). The van der Waals surface area contributed by atoms with Crippen molar-refractivity contribution in [2.24, 2.45) is 7.05 Å². The SMILES string of the molecule is Cn1cc(CC(O)C2CCc3ccccc32)cn1. The van der Waals surface area contributed by atoms with Gasteiger partial charge in [0.05, 0.1) is 12.3 Å². The number of rotatable bonds is 3. The minimum absolute atomic E-state index is 0.279. The van der Waals surface area contributed by atoms with Crippen molar-refractivity contribution in [2.75, 3.05) is 0 Å². The molecule has 1 N–H and O–H groups in total. The van der Waals surface area contributed by atoms with Gasteiger partial charge in [0, 0.05) is 25.6 Å². The molecule has 0 bridgehead atoms. The number of hydrogen-bond donors (Lipinski definition) is 1. The minimum Gasteiger partial charge on any atom is -0.392 e. The van der Waals surface area contributed by atoms with E-state index < -0.39 is 0 Å². The van der Waals surface area contributed by atoms with Gasteiger partial charge >= 0.3 is 0 Å². The molecule has 0 fully saturated rings. The summed E-state index contributed by atoms with van der Waals surface area (Å²) >= 11 is 0. The fourth-order valence-corrected chi connectivity index (χ4v) is 2.95. The van der Waals surface area contributed by atoms with E-state index in [1.165, 1.54) is 11.1 Å². The first-order chi connectivity index (χ1) is 8.74. The van der Waals surface area contributed by atoms with Gasteiger partial charge < -0.3 is 5.11 Å². The molecule has 0 saturated carbocycles. The number of aromatic nitrogens is 2. The lowest BCUT2D eigenvalue weighted by molar-refractivity contribution is 0.143. The summed E-state index contributed by atoms with van der Waals surface area (Å²) in [6.45, 7) is 0. The van der Waals surface area contributed by atoms with E-state index in [1.807, 2.05) is 19.4 Å². The van der Waals surface area contributed by atoms with E-state index in [-0.39, 0.29) is 12.0 Å². The van der Waals surface area contributed by atoms with Gasteiger partial charge in [-0.15, -0.1) is 0 Å². The molecule has 3 heteroatoms. The Kier molecular flexibility index (Phi) is 2.92. The van der Waals surface area contributed by atoms with Crippen LogP contribution in [0.5, 0.6) is 0 Å². The molecule has 94 valence electrons. The molecule has 2 unspecified atom stereocenters. The number of aliphatic hydroxyl groups is 1. The average molecular weight is 242 g/mol. The molecule has 1 heterocycles. The van der Waals surface area contributed by atoms with Crippen LogP contribution >= 0.6 is 0 Å². The van der Waals surface area contributed by atoms with Crippen molar-refractivity contribution in [1.29, 1.82) is 0 Å². The van der Waals surface area contributed by atoms with E-state index in [2.05, 4.69) is 29.4 Å². The van der Waals surface area contributed by atoms with Crippen LogP contribution in [0.25, 0.3) is 0 Å². The Morgan fingerprint density at radius 2 is 2.28 bits per heavy atom. The van der Waals surface area contributed by atoms with Crippen LogP contribution in [0.3, 0.4) is 0 Å². The molecule has 1 aromatic heterocycles. The molecule has 1 aromatic carbocycles. The van der Waals surface area contributed by atoms with Gasteiger partial charge in [0.2, 0.25) is 0 Å². The largest absolute Gasteiger partial charge is 0.392 e. The summed E-state index contributed by atoms with van der Waals surface area (Å²) in [7, 11) is 1.90. The van der Waals surface area contributed by atoms with Crippen LogP contribution in [0, 0.1) is 0 Å². The Bertz CT molecular complexity index is 547. The number of aliphatic hydroxyl groups excluding tert-OH is 1. The summed E-state index contributed by atoms with van der Waals surface area (Å²) in [6, 6.07) is 8.47. The highest BCUT2D eigenvalue weighted by Crippen LogP contribution is 2.36. The van der Waals surface area contributed by atoms with Gasteiger partial charge in [-0.1, -0.05) is 24.3 Å². The standard InChI is InChI=1S/C15H18N2O/c1-17-10-11(9-16-17)8-15(18)14-7-6-12-4-2-3-5-13(12)14/h2-5,9-10,14-15,18H,6-8H2,1H3. The molecule has 3 nitrogen and oxygen atoms in total. The van der Waals surface area contributed by atoms with Crippen molar-refractivity contribution in [1.82, 2.24) is 9.78 Å². The third-order valence-electron chi connectivity index (χ3n) is 3.85. The smallest absolute Gasteiger partial charge is 0.0650 e. The summed E-state index contributed by atoms with van der Waals surface area (Å²) in [5.41, 5.74) is 3.83. The van der Waals surface area contributed by atoms with Crippen LogP contribution in [-0.2, 0) is 19.9 Å². The van der Waals surface area contributed by atoms with Gasteiger partial charge in [0.1, 0.15) is 0 Å². The van der Waals surface area contributed by atoms with Crippen molar-refractivity contribution >= 4 is 0 Å². The molecule has 1 aliphatic rings. The van der Waals surface area contributed by atoms with Crippen molar-refractivity contribution < 1.29 is 5.11 Å². The minimum atomic E-state index is -0.308. The molecule has 2 atom stereocenters. The predicted octanol–water partition coefficient (Wildman–Crippen LogP) is 2.05. The van der Waals surface area contributed by atoms with Crippen LogP contribution in [-0.4, -0.2) is 21.0 Å². The number of benzene rings is 1. The highest BCUT2D eigenvalue weighted by atomic mass is 16.3. The van der Waals surface area contributed by atoms with E-state index in [1.54, 1.807) is 4.68 Å². The Morgan fingerprint density at radius 1 is 1.44 bits per heavy atom. The lowest BCUT2D eigenvalue weighted by Crippen LogP contribution is -2.19. The summed E-state index contributed by atoms with van der Waals surface area (Å²) < 4.78 is 1.78. The molecule has 2 aromatic rings. The lowest BCUT2D eigenvalue weighted by Gasteiger charge is -2.18. The Morgan fingerprint density at radius 3 is 3.06 bits per heavy atom. The van der Waals surface area contributed by atoms with Gasteiger partial charge in [0.25, 0.3) is 0 Å². The second-order valence-electron chi connectivity index (χ2n) is 5.14. The van der Waals surface area contributed by atoms with Crippen molar-refractivity contribution in [3.8, 4) is 0 Å². The van der Waals surface area contributed by atoms with Gasteiger partial charge in [-0.05, 0) is 29.5 Å². The van der Waals surface area contributed by atoms with Crippen LogP contribution < -0.4 is 0 Å². The second kappa shape index (κ2) is 4.58. The lowest BCUT2D eigenvalue weighted by atomic mass is 9.92. The first kappa shape index (κ1) is 11.5. The predicted molar refractivity (Wildman–Crippen MR) is 70.4 cm³/mol. The number of aryl methyl sites for hydroxylation is 2. The average Bonchev–Trinajstić information content (AvgIpc) is 2.95. The van der Waals surface area contributed by atoms with Gasteiger partial charge in [0.15, 0.2) is 0 Å². The van der Waals surface area contributed by atoms with Crippen LogP contribution in [0.15, 0.2) is 36.7 Å². The van der Waals surface area contributed by atoms with Crippen molar-refractivity contribution in [2.45, 2.75) is 31.3 Å². The van der Waals surface area contributed by atoms with Gasteiger partial charge in [-0.25, -0.2) is 0 Å². The fraction of sp³-hybridized carbons (Fsp3) is 0.400. The van der Waals surface area contributed by atoms with Crippen LogP contribution in [0.2, 0.25) is 0 Å². The van der Waals surface area contributed by atoms with E-state index in [0.29, 0.717) is 6.42 Å². The van der Waals surface area contributed by atoms with E-state index in [4.69, 9.17) is 0 Å². The Hall–Kier alpha value is -1.61. The maximum atomic E-state index is 10.4. The zero-order valence-electron chi connectivity index (χ0n) is 10.6. The maximum Gasteiger partial charge on any atom is 0.0650 e. The summed E-state index contributed by atoms with van der Waals surface area (Å²) in [6.07, 6.45) is 6.34. The first-order valence-electron chi connectivity index (χ1n) is 6.47. The van der Waals surface area contributed by atoms with Crippen molar-refractivity contribution in [3.63, 3.8) is 0 Å². The van der Waals surface area contributed by atoms with E-state index in [0.717, 1.165) is 18.4 Å². The number of nitrogens with zero attached hydrogens (tertiary/aromatic N) is 2. The third kappa shape index (κ3) is 2.06. The summed E-state index contributed by atoms with van der Waals surface area (Å²) in [5, 5.41) is 14.6. The summed E-state index contributed by atoms with van der Waals surface area (Å²) in [4.78, 5) is 0. The highest BCUT2D eigenvalue weighted by molar-refractivity contribution is 5.35. The second-order valence-corrected chi connectivity index (χ2v) is 5.14. The molecule has 0 amide bonds. The summed E-state index contributed by atoms with van der Waals surface area (Å²) in [5.74, 6) is 0.279. The maximum absolute atomic E-state index is 10.4. The highest BCUT2D eigenvalue weighted by Gasteiger charge is 2.28. The van der Waals surface area contributed by atoms with E-state index >= 15 is 0 Å². The quantitative estimate of drug-likeness (QED) is 0.894. The molecule has 0 spiro atoms. The topological polar surface area (TPSA) is 38.0 Å².